The summed E-state index contributed by atoms with van der Waals surface area (Å²) in [6, 6.07) is 8.07. The zero-order chi connectivity index (χ0) is 19.1. The van der Waals surface area contributed by atoms with Gasteiger partial charge in [-0.05, 0) is 63.4 Å². The maximum atomic E-state index is 12.5. The number of carbonyl (C=O) groups is 2. The van der Waals surface area contributed by atoms with E-state index in [-0.39, 0.29) is 23.7 Å². The van der Waals surface area contributed by atoms with Gasteiger partial charge in [-0.3, -0.25) is 9.59 Å². The molecule has 0 bridgehead atoms. The molecule has 5 nitrogen and oxygen atoms in total. The van der Waals surface area contributed by atoms with Gasteiger partial charge in [-0.2, -0.15) is 0 Å². The average Bonchev–Trinajstić information content (AvgIpc) is 2.62. The molecule has 0 spiro atoms. The summed E-state index contributed by atoms with van der Waals surface area (Å²) in [5.74, 6) is 0.750. The number of hydrogen-bond acceptors (Lipinski definition) is 3. The Bertz CT molecular complexity index is 588. The van der Waals surface area contributed by atoms with Gasteiger partial charge in [0.2, 0.25) is 11.8 Å². The number of anilines is 1. The molecule has 0 atom stereocenters. The maximum absolute atomic E-state index is 12.5. The molecule has 0 radical (unpaired) electrons. The summed E-state index contributed by atoms with van der Waals surface area (Å²) in [6.07, 6.45) is 3.14. The molecule has 0 saturated heterocycles. The van der Waals surface area contributed by atoms with E-state index < -0.39 is 0 Å². The van der Waals surface area contributed by atoms with Crippen LogP contribution in [-0.2, 0) is 9.59 Å². The molecule has 1 saturated carbocycles. The van der Waals surface area contributed by atoms with E-state index in [1.165, 1.54) is 5.56 Å². The van der Waals surface area contributed by atoms with Crippen molar-refractivity contribution in [3.63, 3.8) is 0 Å². The number of nitrogens with zero attached hydrogens (tertiary/aromatic N) is 1. The number of hydrogen-bond donors (Lipinski definition) is 2. The minimum absolute atomic E-state index is 0.00519. The Balaban J connectivity index is 1.76. The molecule has 1 aromatic carbocycles. The van der Waals surface area contributed by atoms with E-state index in [9.17, 15) is 9.59 Å². The molecule has 1 aliphatic rings. The van der Waals surface area contributed by atoms with Crippen LogP contribution in [0.15, 0.2) is 24.3 Å². The monoisotopic (exact) mass is 359 g/mol. The van der Waals surface area contributed by atoms with E-state index in [0.29, 0.717) is 12.5 Å². The van der Waals surface area contributed by atoms with Gasteiger partial charge in [0, 0.05) is 30.6 Å². The van der Waals surface area contributed by atoms with Crippen molar-refractivity contribution in [2.75, 3.05) is 32.5 Å². The summed E-state index contributed by atoms with van der Waals surface area (Å²) < 4.78 is 0. The predicted molar refractivity (Wildman–Crippen MR) is 106 cm³/mol. The van der Waals surface area contributed by atoms with Gasteiger partial charge in [0.15, 0.2) is 0 Å². The lowest BCUT2D eigenvalue weighted by molar-refractivity contribution is -0.128. The number of likely N-dealkylation sites (N-methyl/N-ethyl adjacent to an activating group) is 1. The molecular weight excluding hydrogens is 326 g/mol. The zero-order valence-electron chi connectivity index (χ0n) is 16.5. The van der Waals surface area contributed by atoms with Crippen molar-refractivity contribution in [1.29, 1.82) is 0 Å². The first-order valence-electron chi connectivity index (χ1n) is 9.70. The fourth-order valence-electron chi connectivity index (χ4n) is 3.36. The van der Waals surface area contributed by atoms with Crippen LogP contribution in [0.3, 0.4) is 0 Å². The van der Waals surface area contributed by atoms with Crippen LogP contribution >= 0.6 is 0 Å². The molecular formula is C21H33N3O2. The van der Waals surface area contributed by atoms with E-state index in [4.69, 9.17) is 0 Å². The lowest BCUT2D eigenvalue weighted by Gasteiger charge is -2.27. The Morgan fingerprint density at radius 2 is 1.54 bits per heavy atom. The summed E-state index contributed by atoms with van der Waals surface area (Å²) in [4.78, 5) is 26.7. The molecule has 26 heavy (non-hydrogen) atoms. The molecule has 2 rings (SSSR count). The maximum Gasteiger partial charge on any atom is 0.227 e. The molecule has 1 aliphatic carbocycles. The third-order valence-electron chi connectivity index (χ3n) is 5.17. The standard InChI is InChI=1S/C21H33N3O2/c1-15(2)16-9-11-19(12-10-16)23-21(26)18-7-5-17(6-8-18)20(25)22-13-14-24(3)4/h9-12,15,17-18H,5-8,13-14H2,1-4H3,(H,22,25)(H,23,26). The number of rotatable bonds is 7. The van der Waals surface area contributed by atoms with Gasteiger partial charge in [-0.15, -0.1) is 0 Å². The molecule has 2 amide bonds. The molecule has 1 aromatic rings. The van der Waals surface area contributed by atoms with Crippen molar-refractivity contribution in [1.82, 2.24) is 10.2 Å². The fourth-order valence-corrected chi connectivity index (χ4v) is 3.36. The van der Waals surface area contributed by atoms with Crippen LogP contribution < -0.4 is 10.6 Å². The minimum atomic E-state index is 0.00519. The van der Waals surface area contributed by atoms with Gasteiger partial charge in [-0.25, -0.2) is 0 Å². The van der Waals surface area contributed by atoms with E-state index in [2.05, 4.69) is 41.5 Å². The molecule has 1 fully saturated rings. The van der Waals surface area contributed by atoms with Crippen LogP contribution in [0, 0.1) is 11.8 Å². The minimum Gasteiger partial charge on any atom is -0.355 e. The smallest absolute Gasteiger partial charge is 0.227 e. The van der Waals surface area contributed by atoms with Crippen molar-refractivity contribution in [3.05, 3.63) is 29.8 Å². The van der Waals surface area contributed by atoms with Gasteiger partial charge >= 0.3 is 0 Å². The summed E-state index contributed by atoms with van der Waals surface area (Å²) in [5, 5.41) is 6.02. The van der Waals surface area contributed by atoms with Crippen molar-refractivity contribution in [3.8, 4) is 0 Å². The molecule has 0 heterocycles. The van der Waals surface area contributed by atoms with Gasteiger partial charge in [-0.1, -0.05) is 26.0 Å². The van der Waals surface area contributed by atoms with Crippen molar-refractivity contribution in [2.24, 2.45) is 11.8 Å². The van der Waals surface area contributed by atoms with Crippen molar-refractivity contribution in [2.45, 2.75) is 45.4 Å². The van der Waals surface area contributed by atoms with Crippen LogP contribution in [0.25, 0.3) is 0 Å². The number of carbonyl (C=O) groups excluding carboxylic acids is 2. The second-order valence-corrected chi connectivity index (χ2v) is 7.91. The third-order valence-corrected chi connectivity index (χ3v) is 5.17. The topological polar surface area (TPSA) is 61.4 Å². The van der Waals surface area contributed by atoms with E-state index in [1.807, 2.05) is 26.2 Å². The van der Waals surface area contributed by atoms with Gasteiger partial charge < -0.3 is 15.5 Å². The second kappa shape index (κ2) is 9.72. The largest absolute Gasteiger partial charge is 0.355 e. The van der Waals surface area contributed by atoms with E-state index in [1.54, 1.807) is 0 Å². The highest BCUT2D eigenvalue weighted by molar-refractivity contribution is 5.92. The lowest BCUT2D eigenvalue weighted by Crippen LogP contribution is -2.38. The molecule has 0 aromatic heterocycles. The van der Waals surface area contributed by atoms with Crippen LogP contribution in [0.2, 0.25) is 0 Å². The van der Waals surface area contributed by atoms with E-state index >= 15 is 0 Å². The molecule has 0 unspecified atom stereocenters. The van der Waals surface area contributed by atoms with Crippen LogP contribution in [0.5, 0.6) is 0 Å². The van der Waals surface area contributed by atoms with Crippen LogP contribution in [0.4, 0.5) is 5.69 Å². The first-order chi connectivity index (χ1) is 12.4. The second-order valence-electron chi connectivity index (χ2n) is 7.91. The molecule has 144 valence electrons. The first-order valence-corrected chi connectivity index (χ1v) is 9.70. The highest BCUT2D eigenvalue weighted by atomic mass is 16.2. The lowest BCUT2D eigenvalue weighted by atomic mass is 9.81. The number of amides is 2. The number of benzene rings is 1. The average molecular weight is 360 g/mol. The highest BCUT2D eigenvalue weighted by Crippen LogP contribution is 2.30. The molecule has 2 N–H and O–H groups in total. The van der Waals surface area contributed by atoms with Gasteiger partial charge in [0.25, 0.3) is 0 Å². The quantitative estimate of drug-likeness (QED) is 0.786. The fraction of sp³-hybridized carbons (Fsp3) is 0.619. The Hall–Kier alpha value is -1.88. The molecule has 0 aliphatic heterocycles. The van der Waals surface area contributed by atoms with Crippen LogP contribution in [0.1, 0.15) is 51.0 Å². The number of nitrogens with one attached hydrogen (secondary N) is 2. The summed E-state index contributed by atoms with van der Waals surface area (Å²) >= 11 is 0. The summed E-state index contributed by atoms with van der Waals surface area (Å²) in [7, 11) is 3.98. The first kappa shape index (κ1) is 20.4. The Morgan fingerprint density at radius 3 is 2.04 bits per heavy atom. The predicted octanol–water partition coefficient (Wildman–Crippen LogP) is 3.23. The van der Waals surface area contributed by atoms with Gasteiger partial charge in [0.05, 0.1) is 0 Å². The van der Waals surface area contributed by atoms with Crippen molar-refractivity contribution >= 4 is 17.5 Å². The Morgan fingerprint density at radius 1 is 1.00 bits per heavy atom. The normalized spacial score (nSPS) is 20.2. The third kappa shape index (κ3) is 6.13. The van der Waals surface area contributed by atoms with Crippen LogP contribution in [-0.4, -0.2) is 43.9 Å². The SMILES string of the molecule is CC(C)c1ccc(NC(=O)C2CCC(C(=O)NCCN(C)C)CC2)cc1. The zero-order valence-corrected chi connectivity index (χ0v) is 16.5. The van der Waals surface area contributed by atoms with Gasteiger partial charge in [0.1, 0.15) is 0 Å². The summed E-state index contributed by atoms with van der Waals surface area (Å²) in [5.41, 5.74) is 2.12. The molecule has 5 heteroatoms. The van der Waals surface area contributed by atoms with Crippen molar-refractivity contribution < 1.29 is 9.59 Å². The van der Waals surface area contributed by atoms with E-state index in [0.717, 1.165) is 37.9 Å². The Labute approximate surface area is 157 Å². The highest BCUT2D eigenvalue weighted by Gasteiger charge is 2.29. The summed E-state index contributed by atoms with van der Waals surface area (Å²) in [6.45, 7) is 5.84. The Kier molecular flexibility index (Phi) is 7.64.